The minimum absolute atomic E-state index is 0.453. The highest BCUT2D eigenvalue weighted by Gasteiger charge is 2.06. The van der Waals surface area contributed by atoms with E-state index in [4.69, 9.17) is 22.1 Å². The molecule has 2 rings (SSSR count). The monoisotopic (exact) mass is 247 g/mol. The zero-order valence-electron chi connectivity index (χ0n) is 9.40. The molecule has 0 spiro atoms. The highest BCUT2D eigenvalue weighted by atomic mass is 35.5. The summed E-state index contributed by atoms with van der Waals surface area (Å²) in [6, 6.07) is 12.1. The predicted molar refractivity (Wildman–Crippen MR) is 72.3 cm³/mol. The summed E-state index contributed by atoms with van der Waals surface area (Å²) in [4.78, 5) is 0. The smallest absolute Gasteiger partial charge is 0.124 e. The van der Waals surface area contributed by atoms with Gasteiger partial charge in [-0.1, -0.05) is 41.9 Å². The minimum Gasteiger partial charge on any atom is -0.489 e. The summed E-state index contributed by atoms with van der Waals surface area (Å²) in [6.07, 6.45) is 1.75. The van der Waals surface area contributed by atoms with Gasteiger partial charge in [-0.3, -0.25) is 0 Å². The second kappa shape index (κ2) is 5.71. The Labute approximate surface area is 106 Å². The second-order valence-electron chi connectivity index (χ2n) is 3.64. The molecule has 0 amide bonds. The van der Waals surface area contributed by atoms with Crippen molar-refractivity contribution in [3.8, 4) is 5.75 Å². The topological polar surface area (TPSA) is 35.2 Å². The van der Waals surface area contributed by atoms with E-state index < -0.39 is 0 Å². The fraction of sp³-hybridized carbons (Fsp3) is 0.143. The van der Waals surface area contributed by atoms with Crippen molar-refractivity contribution in [1.82, 2.24) is 0 Å². The number of fused-ring (bicyclic) bond motifs is 1. The van der Waals surface area contributed by atoms with Gasteiger partial charge in [0.15, 0.2) is 0 Å². The van der Waals surface area contributed by atoms with Gasteiger partial charge in [0.1, 0.15) is 12.4 Å². The molecule has 2 aromatic rings. The molecule has 0 aliphatic carbocycles. The average molecular weight is 248 g/mol. The van der Waals surface area contributed by atoms with Crippen LogP contribution in [0.3, 0.4) is 0 Å². The Morgan fingerprint density at radius 2 is 2.00 bits per heavy atom. The largest absolute Gasteiger partial charge is 0.489 e. The molecule has 0 aliphatic rings. The molecule has 0 saturated carbocycles. The van der Waals surface area contributed by atoms with Gasteiger partial charge in [0.05, 0.1) is 0 Å². The van der Waals surface area contributed by atoms with Crippen LogP contribution in [-0.4, -0.2) is 6.61 Å². The van der Waals surface area contributed by atoms with E-state index in [1.165, 1.54) is 10.9 Å². The normalized spacial score (nSPS) is 11.2. The molecule has 2 N–H and O–H groups in total. The lowest BCUT2D eigenvalue weighted by Gasteiger charge is -2.11. The van der Waals surface area contributed by atoms with Gasteiger partial charge in [0.25, 0.3) is 0 Å². The van der Waals surface area contributed by atoms with Gasteiger partial charge < -0.3 is 10.5 Å². The first kappa shape index (κ1) is 12.0. The van der Waals surface area contributed by atoms with Gasteiger partial charge in [0.2, 0.25) is 0 Å². The molecular formula is C14H14ClNO. The van der Waals surface area contributed by atoms with Crippen LogP contribution in [0.15, 0.2) is 48.0 Å². The summed E-state index contributed by atoms with van der Waals surface area (Å²) in [7, 11) is 0. The zero-order valence-corrected chi connectivity index (χ0v) is 10.2. The van der Waals surface area contributed by atoms with E-state index in [9.17, 15) is 0 Å². The van der Waals surface area contributed by atoms with Crippen molar-refractivity contribution >= 4 is 22.4 Å². The predicted octanol–water partition coefficient (Wildman–Crippen LogP) is 3.43. The van der Waals surface area contributed by atoms with Crippen molar-refractivity contribution in [2.24, 2.45) is 5.73 Å². The van der Waals surface area contributed by atoms with Gasteiger partial charge in [-0.15, -0.1) is 0 Å². The molecule has 0 radical (unpaired) electrons. The Morgan fingerprint density at radius 1 is 1.18 bits per heavy atom. The molecule has 0 saturated heterocycles. The Hall–Kier alpha value is -1.51. The molecule has 0 bridgehead atoms. The lowest BCUT2D eigenvalue weighted by Crippen LogP contribution is -2.03. The highest BCUT2D eigenvalue weighted by Crippen LogP contribution is 2.27. The average Bonchev–Trinajstić information content (AvgIpc) is 2.38. The second-order valence-corrected chi connectivity index (χ2v) is 3.89. The van der Waals surface area contributed by atoms with Gasteiger partial charge in [-0.05, 0) is 22.9 Å². The van der Waals surface area contributed by atoms with Crippen molar-refractivity contribution in [2.45, 2.75) is 6.54 Å². The maximum Gasteiger partial charge on any atom is 0.124 e. The van der Waals surface area contributed by atoms with Crippen LogP contribution < -0.4 is 10.5 Å². The third-order valence-electron chi connectivity index (χ3n) is 2.63. The minimum atomic E-state index is 0.453. The lowest BCUT2D eigenvalue weighted by molar-refractivity contribution is 0.360. The molecule has 0 unspecified atom stereocenters. The van der Waals surface area contributed by atoms with Gasteiger partial charge in [-0.25, -0.2) is 0 Å². The van der Waals surface area contributed by atoms with Crippen LogP contribution in [0.1, 0.15) is 5.56 Å². The first-order chi connectivity index (χ1) is 8.36. The van der Waals surface area contributed by atoms with E-state index in [1.807, 2.05) is 24.3 Å². The summed E-state index contributed by atoms with van der Waals surface area (Å²) in [6.45, 7) is 0.913. The maximum atomic E-state index is 5.80. The number of rotatable bonds is 4. The summed E-state index contributed by atoms with van der Waals surface area (Å²) < 4.78 is 5.63. The van der Waals surface area contributed by atoms with Crippen LogP contribution in [0.4, 0.5) is 0 Å². The van der Waals surface area contributed by atoms with Crippen LogP contribution >= 0.6 is 11.6 Å². The summed E-state index contributed by atoms with van der Waals surface area (Å²) >= 11 is 5.45. The van der Waals surface area contributed by atoms with Gasteiger partial charge >= 0.3 is 0 Å². The fourth-order valence-corrected chi connectivity index (χ4v) is 1.91. The van der Waals surface area contributed by atoms with Crippen molar-refractivity contribution in [3.05, 3.63) is 53.6 Å². The number of halogens is 1. The van der Waals surface area contributed by atoms with E-state index in [0.717, 1.165) is 16.7 Å². The standard InChI is InChI=1S/C14H14ClNO/c15-8-3-9-17-14-7-6-11-4-1-2-5-12(11)13(14)10-16/h1-8H,9-10,16H2/b8-3+. The highest BCUT2D eigenvalue weighted by molar-refractivity contribution is 6.25. The van der Waals surface area contributed by atoms with Gasteiger partial charge in [0, 0.05) is 17.6 Å². The first-order valence-electron chi connectivity index (χ1n) is 5.45. The first-order valence-corrected chi connectivity index (χ1v) is 5.89. The molecule has 0 heterocycles. The quantitative estimate of drug-likeness (QED) is 0.899. The molecule has 0 atom stereocenters. The summed E-state index contributed by atoms with van der Waals surface area (Å²) in [5, 5.41) is 2.32. The van der Waals surface area contributed by atoms with E-state index in [-0.39, 0.29) is 0 Å². The number of benzene rings is 2. The number of ether oxygens (including phenoxy) is 1. The zero-order chi connectivity index (χ0) is 12.1. The van der Waals surface area contributed by atoms with Crippen molar-refractivity contribution < 1.29 is 4.74 Å². The molecular weight excluding hydrogens is 234 g/mol. The molecule has 2 aromatic carbocycles. The van der Waals surface area contributed by atoms with Crippen molar-refractivity contribution in [2.75, 3.05) is 6.61 Å². The Balaban J connectivity index is 2.42. The summed E-state index contributed by atoms with van der Waals surface area (Å²) in [5.74, 6) is 0.820. The Morgan fingerprint density at radius 3 is 2.76 bits per heavy atom. The molecule has 3 heteroatoms. The molecule has 0 aromatic heterocycles. The number of hydrogen-bond acceptors (Lipinski definition) is 2. The van der Waals surface area contributed by atoms with Crippen LogP contribution in [0.5, 0.6) is 5.75 Å². The SMILES string of the molecule is NCc1c(OC/C=C/Cl)ccc2ccccc12. The van der Waals surface area contributed by atoms with Crippen LogP contribution in [0.25, 0.3) is 10.8 Å². The maximum absolute atomic E-state index is 5.80. The van der Waals surface area contributed by atoms with Crippen molar-refractivity contribution in [3.63, 3.8) is 0 Å². The van der Waals surface area contributed by atoms with E-state index >= 15 is 0 Å². The fourth-order valence-electron chi connectivity index (χ4n) is 1.84. The third kappa shape index (κ3) is 2.60. The van der Waals surface area contributed by atoms with E-state index in [1.54, 1.807) is 6.08 Å². The molecule has 2 nitrogen and oxygen atoms in total. The summed E-state index contributed by atoms with van der Waals surface area (Å²) in [5.41, 5.74) is 8.28. The molecule has 88 valence electrons. The molecule has 0 aliphatic heterocycles. The van der Waals surface area contributed by atoms with Crippen molar-refractivity contribution in [1.29, 1.82) is 0 Å². The van der Waals surface area contributed by atoms with Gasteiger partial charge in [-0.2, -0.15) is 0 Å². The van der Waals surface area contributed by atoms with Crippen LogP contribution in [0.2, 0.25) is 0 Å². The lowest BCUT2D eigenvalue weighted by atomic mass is 10.0. The molecule has 0 fully saturated rings. The molecule has 17 heavy (non-hydrogen) atoms. The number of nitrogens with two attached hydrogens (primary N) is 1. The van der Waals surface area contributed by atoms with E-state index in [0.29, 0.717) is 13.2 Å². The van der Waals surface area contributed by atoms with E-state index in [2.05, 4.69) is 12.1 Å². The Kier molecular flexibility index (Phi) is 4.02. The number of hydrogen-bond donors (Lipinski definition) is 1. The third-order valence-corrected chi connectivity index (χ3v) is 2.80. The van der Waals surface area contributed by atoms with Crippen LogP contribution in [-0.2, 0) is 6.54 Å². The Bertz CT molecular complexity index is 537. The van der Waals surface area contributed by atoms with Crippen LogP contribution in [0, 0.1) is 0 Å².